The number of rotatable bonds is 5. The topological polar surface area (TPSA) is 106 Å². The van der Waals surface area contributed by atoms with Gasteiger partial charge in [0.15, 0.2) is 5.82 Å². The second-order valence-electron chi connectivity index (χ2n) is 6.62. The quantitative estimate of drug-likeness (QED) is 0.723. The first kappa shape index (κ1) is 16.4. The van der Waals surface area contributed by atoms with Crippen LogP contribution in [0.5, 0.6) is 0 Å². The van der Waals surface area contributed by atoms with Crippen molar-refractivity contribution in [3.63, 3.8) is 0 Å². The molecule has 4 rings (SSSR count). The van der Waals surface area contributed by atoms with E-state index in [9.17, 15) is 9.18 Å². The third kappa shape index (κ3) is 3.07. The van der Waals surface area contributed by atoms with Crippen molar-refractivity contribution in [2.75, 3.05) is 5.32 Å². The molecule has 9 heteroatoms. The summed E-state index contributed by atoms with van der Waals surface area (Å²) in [5, 5.41) is 6.65. The fraction of sp³-hybridized carbons (Fsp3) is 0.353. The molecule has 0 unspecified atom stereocenters. The van der Waals surface area contributed by atoms with Gasteiger partial charge in [0.05, 0.1) is 29.9 Å². The molecule has 3 aromatic heterocycles. The van der Waals surface area contributed by atoms with Gasteiger partial charge in [0.25, 0.3) is 5.91 Å². The lowest BCUT2D eigenvalue weighted by Gasteiger charge is -2.13. The Balaban J connectivity index is 1.63. The number of hydrogen-bond acceptors (Lipinski definition) is 7. The maximum Gasteiger partial charge on any atom is 0.256 e. The Labute approximate surface area is 148 Å². The minimum absolute atomic E-state index is 0.0118. The highest BCUT2D eigenvalue weighted by atomic mass is 19.1. The van der Waals surface area contributed by atoms with Crippen molar-refractivity contribution in [3.8, 4) is 0 Å². The lowest BCUT2D eigenvalue weighted by molar-refractivity contribution is 0.0949. The normalized spacial score (nSPS) is 15.0. The maximum atomic E-state index is 12.9. The molecule has 0 saturated heterocycles. The molecule has 1 fully saturated rings. The number of halogens is 1. The van der Waals surface area contributed by atoms with Crippen LogP contribution >= 0.6 is 0 Å². The van der Waals surface area contributed by atoms with E-state index in [0.29, 0.717) is 34.1 Å². The van der Waals surface area contributed by atoms with E-state index in [2.05, 4.69) is 37.5 Å². The Kier molecular flexibility index (Phi) is 3.78. The summed E-state index contributed by atoms with van der Waals surface area (Å²) in [4.78, 5) is 28.8. The second-order valence-corrected chi connectivity index (χ2v) is 6.62. The molecule has 134 valence electrons. The van der Waals surface area contributed by atoms with E-state index in [1.165, 1.54) is 6.33 Å². The fourth-order valence-corrected chi connectivity index (χ4v) is 2.69. The first-order valence-corrected chi connectivity index (χ1v) is 8.22. The fourth-order valence-electron chi connectivity index (χ4n) is 2.69. The van der Waals surface area contributed by atoms with Crippen molar-refractivity contribution in [2.24, 2.45) is 0 Å². The van der Waals surface area contributed by atoms with Crippen molar-refractivity contribution in [1.82, 2.24) is 25.3 Å². The first-order chi connectivity index (χ1) is 12.5. The molecule has 0 aliphatic heterocycles. The smallest absolute Gasteiger partial charge is 0.256 e. The molecule has 3 aromatic rings. The van der Waals surface area contributed by atoms with Gasteiger partial charge < -0.3 is 15.1 Å². The summed E-state index contributed by atoms with van der Waals surface area (Å²) in [7, 11) is 0. The highest BCUT2D eigenvalue weighted by Gasteiger charge is 2.38. The zero-order valence-corrected chi connectivity index (χ0v) is 14.3. The van der Waals surface area contributed by atoms with Crippen LogP contribution in [-0.4, -0.2) is 31.4 Å². The van der Waals surface area contributed by atoms with Gasteiger partial charge in [-0.2, -0.15) is 0 Å². The molecular weight excluding hydrogens is 339 g/mol. The van der Waals surface area contributed by atoms with Crippen LogP contribution in [0.25, 0.3) is 11.1 Å². The largest absolute Gasteiger partial charge is 0.442 e. The number of furan rings is 1. The molecule has 0 atom stereocenters. The van der Waals surface area contributed by atoms with E-state index in [4.69, 9.17) is 4.42 Å². The first-order valence-electron chi connectivity index (χ1n) is 8.22. The summed E-state index contributed by atoms with van der Waals surface area (Å²) in [5.74, 6) is 0.452. The van der Waals surface area contributed by atoms with Crippen molar-refractivity contribution in [3.05, 3.63) is 41.7 Å². The number of nitrogens with one attached hydrogen (secondary N) is 2. The molecule has 0 bridgehead atoms. The maximum absolute atomic E-state index is 12.9. The van der Waals surface area contributed by atoms with Crippen LogP contribution < -0.4 is 10.6 Å². The standard InChI is InChI=1S/C17H17FN6O2/c1-9-12(15(25)21-7-11-19-5-10(18)6-20-11)13-14(24-17(2)3-4-17)22-8-23-16(13)26-9/h5-6,8H,3-4,7H2,1-2H3,(H,21,25)(H,22,23,24). The summed E-state index contributed by atoms with van der Waals surface area (Å²) in [5.41, 5.74) is 0.712. The number of nitrogens with zero attached hydrogens (tertiary/aromatic N) is 4. The van der Waals surface area contributed by atoms with E-state index in [0.717, 1.165) is 25.2 Å². The van der Waals surface area contributed by atoms with Crippen LogP contribution in [0, 0.1) is 12.7 Å². The van der Waals surface area contributed by atoms with Gasteiger partial charge >= 0.3 is 0 Å². The third-order valence-corrected chi connectivity index (χ3v) is 4.39. The Hall–Kier alpha value is -3.10. The number of carbonyl (C=O) groups is 1. The molecule has 1 saturated carbocycles. The Morgan fingerprint density at radius 1 is 1.27 bits per heavy atom. The zero-order chi connectivity index (χ0) is 18.3. The van der Waals surface area contributed by atoms with Crippen LogP contribution in [0.1, 0.15) is 41.7 Å². The summed E-state index contributed by atoms with van der Waals surface area (Å²) >= 11 is 0. The van der Waals surface area contributed by atoms with E-state index >= 15 is 0 Å². The molecule has 0 spiro atoms. The van der Waals surface area contributed by atoms with Crippen molar-refractivity contribution < 1.29 is 13.6 Å². The van der Waals surface area contributed by atoms with Crippen molar-refractivity contribution >= 4 is 22.8 Å². The number of anilines is 1. The molecule has 0 radical (unpaired) electrons. The summed E-state index contributed by atoms with van der Waals surface area (Å²) in [6.45, 7) is 3.87. The van der Waals surface area contributed by atoms with Crippen LogP contribution in [0.4, 0.5) is 10.2 Å². The van der Waals surface area contributed by atoms with Gasteiger partial charge in [-0.3, -0.25) is 4.79 Å². The third-order valence-electron chi connectivity index (χ3n) is 4.39. The van der Waals surface area contributed by atoms with Gasteiger partial charge in [0.2, 0.25) is 5.71 Å². The zero-order valence-electron chi connectivity index (χ0n) is 14.3. The Morgan fingerprint density at radius 2 is 2.00 bits per heavy atom. The number of aryl methyl sites for hydroxylation is 1. The van der Waals surface area contributed by atoms with Gasteiger partial charge in [-0.15, -0.1) is 0 Å². The van der Waals surface area contributed by atoms with E-state index in [1.54, 1.807) is 6.92 Å². The number of hydrogen-bond donors (Lipinski definition) is 2. The highest BCUT2D eigenvalue weighted by molar-refractivity contribution is 6.10. The van der Waals surface area contributed by atoms with E-state index in [1.807, 2.05) is 0 Å². The lowest BCUT2D eigenvalue weighted by Crippen LogP contribution is -2.25. The van der Waals surface area contributed by atoms with Crippen LogP contribution in [0.2, 0.25) is 0 Å². The number of amides is 1. The SMILES string of the molecule is Cc1oc2ncnc(NC3(C)CC3)c2c1C(=O)NCc1ncc(F)cn1. The molecule has 1 aliphatic carbocycles. The molecule has 2 N–H and O–H groups in total. The van der Waals surface area contributed by atoms with Crippen molar-refractivity contribution in [1.29, 1.82) is 0 Å². The highest BCUT2D eigenvalue weighted by Crippen LogP contribution is 2.40. The molecule has 1 aliphatic rings. The molecule has 8 nitrogen and oxygen atoms in total. The second kappa shape index (κ2) is 6.01. The van der Waals surface area contributed by atoms with Crippen LogP contribution in [0.15, 0.2) is 23.1 Å². The summed E-state index contributed by atoms with van der Waals surface area (Å²) < 4.78 is 18.5. The average molecular weight is 356 g/mol. The minimum Gasteiger partial charge on any atom is -0.442 e. The Morgan fingerprint density at radius 3 is 2.69 bits per heavy atom. The molecular formula is C17H17FN6O2. The van der Waals surface area contributed by atoms with Gasteiger partial charge in [-0.25, -0.2) is 24.3 Å². The Bertz CT molecular complexity index is 981. The number of fused-ring (bicyclic) bond motifs is 1. The predicted molar refractivity (Wildman–Crippen MR) is 91.0 cm³/mol. The molecule has 3 heterocycles. The lowest BCUT2D eigenvalue weighted by atomic mass is 10.1. The average Bonchev–Trinajstić information content (AvgIpc) is 3.23. The molecule has 1 amide bonds. The minimum atomic E-state index is -0.529. The van der Waals surface area contributed by atoms with Gasteiger partial charge in [0, 0.05) is 5.54 Å². The van der Waals surface area contributed by atoms with Gasteiger partial charge in [-0.05, 0) is 26.7 Å². The van der Waals surface area contributed by atoms with Crippen LogP contribution in [-0.2, 0) is 6.54 Å². The van der Waals surface area contributed by atoms with Gasteiger partial charge in [0.1, 0.15) is 23.7 Å². The van der Waals surface area contributed by atoms with Crippen molar-refractivity contribution in [2.45, 2.75) is 38.8 Å². The molecule has 26 heavy (non-hydrogen) atoms. The van der Waals surface area contributed by atoms with E-state index < -0.39 is 5.82 Å². The summed E-state index contributed by atoms with van der Waals surface area (Å²) in [6, 6.07) is 0. The summed E-state index contributed by atoms with van der Waals surface area (Å²) in [6.07, 6.45) is 5.60. The predicted octanol–water partition coefficient (Wildman–Crippen LogP) is 2.35. The monoisotopic (exact) mass is 356 g/mol. The van der Waals surface area contributed by atoms with E-state index in [-0.39, 0.29) is 18.0 Å². The number of carbonyl (C=O) groups excluding carboxylic acids is 1. The molecule has 0 aromatic carbocycles. The van der Waals surface area contributed by atoms with Crippen LogP contribution in [0.3, 0.4) is 0 Å². The van der Waals surface area contributed by atoms with Gasteiger partial charge in [-0.1, -0.05) is 0 Å². The number of aromatic nitrogens is 4.